The second-order valence-corrected chi connectivity index (χ2v) is 4.58. The van der Waals surface area contributed by atoms with Crippen LogP contribution in [0.1, 0.15) is 33.1 Å². The molecular weight excluding hydrogens is 190 g/mol. The molecule has 15 heavy (non-hydrogen) atoms. The van der Waals surface area contributed by atoms with Crippen LogP contribution in [0, 0.1) is 5.92 Å². The van der Waals surface area contributed by atoms with Gasteiger partial charge in [-0.2, -0.15) is 0 Å². The van der Waals surface area contributed by atoms with E-state index < -0.39 is 0 Å². The first-order valence-electron chi connectivity index (χ1n) is 5.85. The van der Waals surface area contributed by atoms with E-state index in [9.17, 15) is 4.79 Å². The van der Waals surface area contributed by atoms with E-state index in [1.165, 1.54) is 6.42 Å². The van der Waals surface area contributed by atoms with Gasteiger partial charge in [0.25, 0.3) is 0 Å². The summed E-state index contributed by atoms with van der Waals surface area (Å²) >= 11 is 0. The van der Waals surface area contributed by atoms with Gasteiger partial charge in [0.1, 0.15) is 0 Å². The predicted molar refractivity (Wildman–Crippen MR) is 61.2 cm³/mol. The average Bonchev–Trinajstić information content (AvgIpc) is 2.18. The van der Waals surface area contributed by atoms with Gasteiger partial charge in [0.15, 0.2) is 0 Å². The fourth-order valence-corrected chi connectivity index (χ4v) is 2.39. The standard InChI is InChI=1S/C11H23N3O/c1-3-10(11(13)15)14-6-4-5-9(7-14)8(2)12/h8-10H,3-7,12H2,1-2H3,(H2,13,15). The molecule has 1 saturated heterocycles. The van der Waals surface area contributed by atoms with Crippen molar-refractivity contribution in [1.82, 2.24) is 4.90 Å². The topological polar surface area (TPSA) is 72.4 Å². The van der Waals surface area contributed by atoms with Crippen LogP contribution in [0.3, 0.4) is 0 Å². The number of hydrogen-bond acceptors (Lipinski definition) is 3. The smallest absolute Gasteiger partial charge is 0.234 e. The molecule has 0 bridgehead atoms. The average molecular weight is 213 g/mol. The molecule has 0 radical (unpaired) electrons. The number of nitrogens with zero attached hydrogens (tertiary/aromatic N) is 1. The maximum Gasteiger partial charge on any atom is 0.234 e. The van der Waals surface area contributed by atoms with Crippen molar-refractivity contribution in [3.63, 3.8) is 0 Å². The van der Waals surface area contributed by atoms with Crippen molar-refractivity contribution in [2.45, 2.75) is 45.2 Å². The lowest BCUT2D eigenvalue weighted by Gasteiger charge is -2.38. The zero-order valence-corrected chi connectivity index (χ0v) is 9.78. The van der Waals surface area contributed by atoms with E-state index in [2.05, 4.69) is 4.90 Å². The highest BCUT2D eigenvalue weighted by atomic mass is 16.1. The molecule has 3 unspecified atom stereocenters. The second-order valence-electron chi connectivity index (χ2n) is 4.58. The largest absolute Gasteiger partial charge is 0.368 e. The summed E-state index contributed by atoms with van der Waals surface area (Å²) in [6, 6.07) is 0.102. The van der Waals surface area contributed by atoms with Crippen molar-refractivity contribution in [2.24, 2.45) is 17.4 Å². The number of likely N-dealkylation sites (tertiary alicyclic amines) is 1. The molecule has 0 aromatic rings. The molecule has 1 fully saturated rings. The van der Waals surface area contributed by atoms with Crippen LogP contribution in [-0.2, 0) is 4.79 Å². The normalized spacial score (nSPS) is 27.3. The molecule has 1 amide bonds. The highest BCUT2D eigenvalue weighted by Gasteiger charge is 2.29. The summed E-state index contributed by atoms with van der Waals surface area (Å²) in [6.07, 6.45) is 3.08. The van der Waals surface area contributed by atoms with Crippen LogP contribution in [0.2, 0.25) is 0 Å². The maximum absolute atomic E-state index is 11.3. The van der Waals surface area contributed by atoms with E-state index in [0.717, 1.165) is 25.9 Å². The molecule has 1 rings (SSSR count). The van der Waals surface area contributed by atoms with Crippen LogP contribution >= 0.6 is 0 Å². The van der Waals surface area contributed by atoms with E-state index in [0.29, 0.717) is 5.92 Å². The molecule has 1 aliphatic rings. The summed E-state index contributed by atoms with van der Waals surface area (Å²) in [6.45, 7) is 5.94. The lowest BCUT2D eigenvalue weighted by atomic mass is 9.91. The zero-order valence-electron chi connectivity index (χ0n) is 9.78. The van der Waals surface area contributed by atoms with E-state index >= 15 is 0 Å². The number of carbonyl (C=O) groups excluding carboxylic acids is 1. The zero-order chi connectivity index (χ0) is 11.4. The van der Waals surface area contributed by atoms with Gasteiger partial charge in [0, 0.05) is 12.6 Å². The minimum Gasteiger partial charge on any atom is -0.368 e. The van der Waals surface area contributed by atoms with Crippen molar-refractivity contribution in [3.05, 3.63) is 0 Å². The Morgan fingerprint density at radius 1 is 1.60 bits per heavy atom. The molecular formula is C11H23N3O. The lowest BCUT2D eigenvalue weighted by Crippen LogP contribution is -2.51. The van der Waals surface area contributed by atoms with Gasteiger partial charge in [-0.15, -0.1) is 0 Å². The van der Waals surface area contributed by atoms with Crippen LogP contribution < -0.4 is 11.5 Å². The third-order valence-corrected chi connectivity index (χ3v) is 3.39. The summed E-state index contributed by atoms with van der Waals surface area (Å²) in [5.41, 5.74) is 11.3. The van der Waals surface area contributed by atoms with E-state index in [1.54, 1.807) is 0 Å². The first-order chi connectivity index (χ1) is 7.06. The molecule has 0 spiro atoms. The minimum absolute atomic E-state index is 0.105. The molecule has 0 saturated carbocycles. The molecule has 1 heterocycles. The van der Waals surface area contributed by atoms with Crippen molar-refractivity contribution in [3.8, 4) is 0 Å². The first-order valence-corrected chi connectivity index (χ1v) is 5.85. The second kappa shape index (κ2) is 5.47. The molecule has 3 atom stereocenters. The van der Waals surface area contributed by atoms with Gasteiger partial charge < -0.3 is 11.5 Å². The van der Waals surface area contributed by atoms with E-state index in [1.807, 2.05) is 13.8 Å². The number of piperidine rings is 1. The van der Waals surface area contributed by atoms with Gasteiger partial charge in [-0.05, 0) is 38.6 Å². The summed E-state index contributed by atoms with van der Waals surface area (Å²) in [5, 5.41) is 0. The third-order valence-electron chi connectivity index (χ3n) is 3.39. The first kappa shape index (κ1) is 12.5. The molecule has 1 aliphatic heterocycles. The van der Waals surface area contributed by atoms with E-state index in [-0.39, 0.29) is 18.0 Å². The number of nitrogens with two attached hydrogens (primary N) is 2. The van der Waals surface area contributed by atoms with Gasteiger partial charge in [-0.3, -0.25) is 9.69 Å². The van der Waals surface area contributed by atoms with Gasteiger partial charge in [0.05, 0.1) is 6.04 Å². The number of hydrogen-bond donors (Lipinski definition) is 2. The summed E-state index contributed by atoms with van der Waals surface area (Å²) in [4.78, 5) is 13.4. The molecule has 0 aliphatic carbocycles. The predicted octanol–water partition coefficient (Wildman–Crippen LogP) is 0.310. The number of rotatable bonds is 4. The highest BCUT2D eigenvalue weighted by Crippen LogP contribution is 2.21. The summed E-state index contributed by atoms with van der Waals surface area (Å²) < 4.78 is 0. The highest BCUT2D eigenvalue weighted by molar-refractivity contribution is 5.79. The van der Waals surface area contributed by atoms with Crippen molar-refractivity contribution < 1.29 is 4.79 Å². The van der Waals surface area contributed by atoms with Gasteiger partial charge in [-0.1, -0.05) is 6.92 Å². The molecule has 0 aromatic carbocycles. The Balaban J connectivity index is 2.58. The summed E-state index contributed by atoms with van der Waals surface area (Å²) in [5.74, 6) is 0.301. The quantitative estimate of drug-likeness (QED) is 0.706. The Labute approximate surface area is 92.0 Å². The molecule has 4 nitrogen and oxygen atoms in total. The Hall–Kier alpha value is -0.610. The molecule has 88 valence electrons. The summed E-state index contributed by atoms with van der Waals surface area (Å²) in [7, 11) is 0. The van der Waals surface area contributed by atoms with Crippen LogP contribution in [0.5, 0.6) is 0 Å². The van der Waals surface area contributed by atoms with Gasteiger partial charge >= 0.3 is 0 Å². The van der Waals surface area contributed by atoms with Gasteiger partial charge in [0.2, 0.25) is 5.91 Å². The maximum atomic E-state index is 11.3. The van der Waals surface area contributed by atoms with Crippen LogP contribution in [0.25, 0.3) is 0 Å². The fraction of sp³-hybridized carbons (Fsp3) is 0.909. The Bertz CT molecular complexity index is 218. The van der Waals surface area contributed by atoms with Gasteiger partial charge in [-0.25, -0.2) is 0 Å². The third kappa shape index (κ3) is 3.18. The molecule has 4 N–H and O–H groups in total. The van der Waals surface area contributed by atoms with Crippen molar-refractivity contribution >= 4 is 5.91 Å². The monoisotopic (exact) mass is 213 g/mol. The Morgan fingerprint density at radius 3 is 2.73 bits per heavy atom. The van der Waals surface area contributed by atoms with Crippen LogP contribution in [0.4, 0.5) is 0 Å². The van der Waals surface area contributed by atoms with Crippen molar-refractivity contribution in [2.75, 3.05) is 13.1 Å². The molecule has 4 heteroatoms. The number of carbonyl (C=O) groups is 1. The minimum atomic E-state index is -0.206. The number of amides is 1. The van der Waals surface area contributed by atoms with Crippen molar-refractivity contribution in [1.29, 1.82) is 0 Å². The van der Waals surface area contributed by atoms with Crippen LogP contribution in [-0.4, -0.2) is 36.0 Å². The fourth-order valence-electron chi connectivity index (χ4n) is 2.39. The number of primary amides is 1. The molecule has 0 aromatic heterocycles. The lowest BCUT2D eigenvalue weighted by molar-refractivity contribution is -0.124. The SMILES string of the molecule is CCC(C(N)=O)N1CCCC(C(C)N)C1. The Morgan fingerprint density at radius 2 is 2.27 bits per heavy atom. The Kier molecular flexibility index (Phi) is 4.54. The van der Waals surface area contributed by atoms with E-state index in [4.69, 9.17) is 11.5 Å². The van der Waals surface area contributed by atoms with Crippen LogP contribution in [0.15, 0.2) is 0 Å².